The Kier molecular flexibility index (Phi) is 5.37. The molecule has 0 atom stereocenters. The molecule has 1 saturated heterocycles. The number of nitrogens with one attached hydrogen (secondary N) is 1. The SMILES string of the molecule is c1ccc(-c2ccc(NCCCN3CCCCC3)cn2)nc1. The molecule has 4 nitrogen and oxygen atoms in total. The van der Waals surface area contributed by atoms with Crippen LogP contribution < -0.4 is 5.32 Å². The second-order valence-corrected chi connectivity index (χ2v) is 5.83. The van der Waals surface area contributed by atoms with Gasteiger partial charge in [-0.05, 0) is 63.2 Å². The Morgan fingerprint density at radius 1 is 0.955 bits per heavy atom. The fourth-order valence-corrected chi connectivity index (χ4v) is 2.88. The fourth-order valence-electron chi connectivity index (χ4n) is 2.88. The molecule has 1 aliphatic rings. The van der Waals surface area contributed by atoms with Crippen molar-refractivity contribution in [3.63, 3.8) is 0 Å². The molecule has 0 aromatic carbocycles. The molecule has 0 bridgehead atoms. The quantitative estimate of drug-likeness (QED) is 0.829. The summed E-state index contributed by atoms with van der Waals surface area (Å²) in [5, 5.41) is 3.45. The molecular weight excluding hydrogens is 272 g/mol. The van der Waals surface area contributed by atoms with E-state index in [1.807, 2.05) is 30.5 Å². The Morgan fingerprint density at radius 3 is 2.55 bits per heavy atom. The van der Waals surface area contributed by atoms with Crippen molar-refractivity contribution in [3.8, 4) is 11.4 Å². The summed E-state index contributed by atoms with van der Waals surface area (Å²) in [6.07, 6.45) is 9.01. The molecule has 0 aliphatic carbocycles. The monoisotopic (exact) mass is 296 g/mol. The highest BCUT2D eigenvalue weighted by Gasteiger charge is 2.08. The number of anilines is 1. The molecule has 2 aromatic rings. The van der Waals surface area contributed by atoms with E-state index >= 15 is 0 Å². The summed E-state index contributed by atoms with van der Waals surface area (Å²) in [4.78, 5) is 11.4. The summed E-state index contributed by atoms with van der Waals surface area (Å²) < 4.78 is 0. The first-order valence-corrected chi connectivity index (χ1v) is 8.25. The third-order valence-electron chi connectivity index (χ3n) is 4.12. The van der Waals surface area contributed by atoms with Crippen LogP contribution in [-0.4, -0.2) is 41.0 Å². The molecule has 22 heavy (non-hydrogen) atoms. The summed E-state index contributed by atoms with van der Waals surface area (Å²) in [5.41, 5.74) is 2.91. The van der Waals surface area contributed by atoms with Crippen molar-refractivity contribution in [1.82, 2.24) is 14.9 Å². The van der Waals surface area contributed by atoms with Gasteiger partial charge in [0.05, 0.1) is 23.3 Å². The van der Waals surface area contributed by atoms with Crippen LogP contribution in [0.2, 0.25) is 0 Å². The van der Waals surface area contributed by atoms with Gasteiger partial charge in [0.15, 0.2) is 0 Å². The normalized spacial score (nSPS) is 15.6. The zero-order chi connectivity index (χ0) is 15.0. The molecule has 0 unspecified atom stereocenters. The molecular formula is C18H24N4. The zero-order valence-electron chi connectivity index (χ0n) is 13.0. The molecule has 4 heteroatoms. The highest BCUT2D eigenvalue weighted by Crippen LogP contribution is 2.15. The number of hydrogen-bond acceptors (Lipinski definition) is 4. The number of hydrogen-bond donors (Lipinski definition) is 1. The van der Waals surface area contributed by atoms with Crippen molar-refractivity contribution in [1.29, 1.82) is 0 Å². The molecule has 2 aromatic heterocycles. The van der Waals surface area contributed by atoms with Crippen LogP contribution in [0, 0.1) is 0 Å². The van der Waals surface area contributed by atoms with Crippen LogP contribution in [0.5, 0.6) is 0 Å². The van der Waals surface area contributed by atoms with E-state index < -0.39 is 0 Å². The first-order valence-electron chi connectivity index (χ1n) is 8.25. The predicted octanol–water partition coefficient (Wildman–Crippen LogP) is 3.43. The zero-order valence-corrected chi connectivity index (χ0v) is 13.0. The number of pyridine rings is 2. The molecule has 1 fully saturated rings. The summed E-state index contributed by atoms with van der Waals surface area (Å²) in [6.45, 7) is 4.76. The van der Waals surface area contributed by atoms with Gasteiger partial charge in [-0.2, -0.15) is 0 Å². The van der Waals surface area contributed by atoms with Crippen molar-refractivity contribution >= 4 is 5.69 Å². The van der Waals surface area contributed by atoms with Gasteiger partial charge in [0.1, 0.15) is 0 Å². The number of aromatic nitrogens is 2. The number of likely N-dealkylation sites (tertiary alicyclic amines) is 1. The van der Waals surface area contributed by atoms with Crippen molar-refractivity contribution in [2.75, 3.05) is 31.5 Å². The van der Waals surface area contributed by atoms with Crippen LogP contribution in [0.4, 0.5) is 5.69 Å². The minimum Gasteiger partial charge on any atom is -0.384 e. The average molecular weight is 296 g/mol. The molecule has 0 amide bonds. The summed E-state index contributed by atoms with van der Waals surface area (Å²) in [5.74, 6) is 0. The van der Waals surface area contributed by atoms with E-state index in [2.05, 4.69) is 26.3 Å². The molecule has 1 aliphatic heterocycles. The predicted molar refractivity (Wildman–Crippen MR) is 90.9 cm³/mol. The lowest BCUT2D eigenvalue weighted by atomic mass is 10.1. The van der Waals surface area contributed by atoms with Gasteiger partial charge in [-0.3, -0.25) is 9.97 Å². The lowest BCUT2D eigenvalue weighted by molar-refractivity contribution is 0.228. The van der Waals surface area contributed by atoms with Gasteiger partial charge in [-0.25, -0.2) is 0 Å². The standard InChI is InChI=1S/C18H24N4/c1-4-12-22(13-5-1)14-6-11-19-16-8-9-18(21-15-16)17-7-2-3-10-20-17/h2-3,7-10,15,19H,1,4-6,11-14H2. The maximum Gasteiger partial charge on any atom is 0.0887 e. The Hall–Kier alpha value is -1.94. The maximum atomic E-state index is 4.48. The Labute approximate surface area is 132 Å². The minimum absolute atomic E-state index is 0.916. The summed E-state index contributed by atoms with van der Waals surface area (Å²) in [6, 6.07) is 9.99. The van der Waals surface area contributed by atoms with E-state index in [4.69, 9.17) is 0 Å². The lowest BCUT2D eigenvalue weighted by Gasteiger charge is -2.26. The number of rotatable bonds is 6. The third-order valence-corrected chi connectivity index (χ3v) is 4.12. The molecule has 0 spiro atoms. The first kappa shape index (κ1) is 15.0. The van der Waals surface area contributed by atoms with Crippen LogP contribution in [0.25, 0.3) is 11.4 Å². The van der Waals surface area contributed by atoms with Crippen LogP contribution >= 0.6 is 0 Å². The van der Waals surface area contributed by atoms with Gasteiger partial charge in [0, 0.05) is 12.7 Å². The highest BCUT2D eigenvalue weighted by molar-refractivity contribution is 5.56. The summed E-state index contributed by atoms with van der Waals surface area (Å²) >= 11 is 0. The Morgan fingerprint density at radius 2 is 1.82 bits per heavy atom. The largest absolute Gasteiger partial charge is 0.384 e. The molecule has 0 radical (unpaired) electrons. The van der Waals surface area contributed by atoms with Gasteiger partial charge >= 0.3 is 0 Å². The number of nitrogens with zero attached hydrogens (tertiary/aromatic N) is 3. The highest BCUT2D eigenvalue weighted by atomic mass is 15.1. The Bertz CT molecular complexity index is 547. The van der Waals surface area contributed by atoms with Gasteiger partial charge in [-0.1, -0.05) is 12.5 Å². The third kappa shape index (κ3) is 4.28. The van der Waals surface area contributed by atoms with Crippen LogP contribution in [0.1, 0.15) is 25.7 Å². The first-order chi connectivity index (χ1) is 10.9. The lowest BCUT2D eigenvalue weighted by Crippen LogP contribution is -2.31. The van der Waals surface area contributed by atoms with E-state index in [9.17, 15) is 0 Å². The van der Waals surface area contributed by atoms with Crippen molar-refractivity contribution < 1.29 is 0 Å². The maximum absolute atomic E-state index is 4.48. The van der Waals surface area contributed by atoms with E-state index in [1.54, 1.807) is 6.20 Å². The van der Waals surface area contributed by atoms with Gasteiger partial charge in [0.25, 0.3) is 0 Å². The van der Waals surface area contributed by atoms with E-state index in [0.29, 0.717) is 0 Å². The van der Waals surface area contributed by atoms with Gasteiger partial charge < -0.3 is 10.2 Å². The summed E-state index contributed by atoms with van der Waals surface area (Å²) in [7, 11) is 0. The van der Waals surface area contributed by atoms with Gasteiger partial charge in [0.2, 0.25) is 0 Å². The molecule has 3 rings (SSSR count). The molecule has 0 saturated carbocycles. The molecule has 116 valence electrons. The number of piperidine rings is 1. The molecule has 1 N–H and O–H groups in total. The van der Waals surface area contributed by atoms with Crippen LogP contribution in [-0.2, 0) is 0 Å². The topological polar surface area (TPSA) is 41.0 Å². The van der Waals surface area contributed by atoms with Crippen molar-refractivity contribution in [2.24, 2.45) is 0 Å². The average Bonchev–Trinajstić information content (AvgIpc) is 2.61. The van der Waals surface area contributed by atoms with Crippen LogP contribution in [0.15, 0.2) is 42.7 Å². The second kappa shape index (κ2) is 7.90. The Balaban J connectivity index is 1.43. The second-order valence-electron chi connectivity index (χ2n) is 5.83. The van der Waals surface area contributed by atoms with E-state index in [-0.39, 0.29) is 0 Å². The van der Waals surface area contributed by atoms with Crippen LogP contribution in [0.3, 0.4) is 0 Å². The van der Waals surface area contributed by atoms with E-state index in [1.165, 1.54) is 45.3 Å². The minimum atomic E-state index is 0.916. The van der Waals surface area contributed by atoms with E-state index in [0.717, 1.165) is 23.6 Å². The van der Waals surface area contributed by atoms with Crippen molar-refractivity contribution in [2.45, 2.75) is 25.7 Å². The van der Waals surface area contributed by atoms with Gasteiger partial charge in [-0.15, -0.1) is 0 Å². The smallest absolute Gasteiger partial charge is 0.0887 e. The molecule has 3 heterocycles. The van der Waals surface area contributed by atoms with Crippen molar-refractivity contribution in [3.05, 3.63) is 42.7 Å². The fraction of sp³-hybridized carbons (Fsp3) is 0.444.